The van der Waals surface area contributed by atoms with E-state index in [-0.39, 0.29) is 11.2 Å². The number of amides is 1. The van der Waals surface area contributed by atoms with E-state index >= 15 is 0 Å². The Balaban J connectivity index is 1.58. The summed E-state index contributed by atoms with van der Waals surface area (Å²) in [6.07, 6.45) is 5.02. The zero-order chi connectivity index (χ0) is 20.0. The number of carbonyl (C=O) groups is 1. The number of thiophene rings is 1. The number of thioether (sulfide) groups is 1. The largest absolute Gasteiger partial charge is 0.322 e. The molecule has 6 nitrogen and oxygen atoms in total. The highest BCUT2D eigenvalue weighted by Gasteiger charge is 2.25. The smallest absolute Gasteiger partial charge is 0.237 e. The van der Waals surface area contributed by atoms with Crippen molar-refractivity contribution in [3.05, 3.63) is 28.2 Å². The average molecular weight is 416 g/mol. The quantitative estimate of drug-likeness (QED) is 0.508. The highest BCUT2D eigenvalue weighted by atomic mass is 32.2. The predicted octanol–water partition coefficient (Wildman–Crippen LogP) is 4.29. The summed E-state index contributed by atoms with van der Waals surface area (Å²) in [5.41, 5.74) is 3.98. The lowest BCUT2D eigenvalue weighted by Gasteiger charge is -2.18. The van der Waals surface area contributed by atoms with Crippen LogP contribution in [0.3, 0.4) is 0 Å². The first-order valence-corrected chi connectivity index (χ1v) is 11.3. The van der Waals surface area contributed by atoms with Crippen molar-refractivity contribution in [1.29, 1.82) is 0 Å². The van der Waals surface area contributed by atoms with Gasteiger partial charge in [0.05, 0.1) is 22.3 Å². The molecule has 0 spiro atoms. The fourth-order valence-electron chi connectivity index (χ4n) is 3.74. The van der Waals surface area contributed by atoms with Crippen LogP contribution in [-0.4, -0.2) is 30.9 Å². The monoisotopic (exact) mass is 415 g/mol. The number of hydrogen-bond acceptors (Lipinski definition) is 6. The molecule has 0 aliphatic heterocycles. The number of nitrogens with one attached hydrogen (secondary N) is 1. The maximum atomic E-state index is 12.8. The number of nitrogens with zero attached hydrogens (tertiary/aromatic N) is 4. The summed E-state index contributed by atoms with van der Waals surface area (Å²) < 4.78 is 1.79. The van der Waals surface area contributed by atoms with Crippen molar-refractivity contribution < 1.29 is 4.79 Å². The van der Waals surface area contributed by atoms with E-state index in [1.807, 2.05) is 27.8 Å². The molecule has 0 unspecified atom stereocenters. The van der Waals surface area contributed by atoms with Crippen LogP contribution in [-0.2, 0) is 24.7 Å². The van der Waals surface area contributed by atoms with Crippen LogP contribution in [0.25, 0.3) is 10.2 Å². The molecule has 2 atom stereocenters. The molecule has 0 saturated carbocycles. The summed E-state index contributed by atoms with van der Waals surface area (Å²) in [5, 5.41) is 9.22. The Kier molecular flexibility index (Phi) is 5.18. The molecule has 1 aliphatic rings. The van der Waals surface area contributed by atoms with Crippen LogP contribution < -0.4 is 5.32 Å². The topological polar surface area (TPSA) is 72.7 Å². The van der Waals surface area contributed by atoms with Gasteiger partial charge in [0.15, 0.2) is 0 Å². The Bertz CT molecular complexity index is 1050. The third-order valence-electron chi connectivity index (χ3n) is 5.47. The Morgan fingerprint density at radius 2 is 2.18 bits per heavy atom. The van der Waals surface area contributed by atoms with Gasteiger partial charge in [0.2, 0.25) is 5.91 Å². The van der Waals surface area contributed by atoms with Crippen LogP contribution in [0.15, 0.2) is 11.4 Å². The van der Waals surface area contributed by atoms with Crippen molar-refractivity contribution in [2.75, 3.05) is 5.32 Å². The first-order valence-electron chi connectivity index (χ1n) is 9.58. The Morgan fingerprint density at radius 3 is 2.89 bits per heavy atom. The zero-order valence-corrected chi connectivity index (χ0v) is 18.5. The summed E-state index contributed by atoms with van der Waals surface area (Å²) in [4.78, 5) is 24.3. The molecular weight excluding hydrogens is 390 g/mol. The molecule has 3 heterocycles. The van der Waals surface area contributed by atoms with Crippen LogP contribution in [0.5, 0.6) is 0 Å². The average Bonchev–Trinajstić information content (AvgIpc) is 3.13. The predicted molar refractivity (Wildman–Crippen MR) is 115 cm³/mol. The molecular formula is C20H25N5OS2. The van der Waals surface area contributed by atoms with Gasteiger partial charge in [-0.1, -0.05) is 18.7 Å². The second-order valence-corrected chi connectivity index (χ2v) is 10.0. The normalized spacial score (nSPS) is 17.5. The van der Waals surface area contributed by atoms with Crippen LogP contribution >= 0.6 is 23.1 Å². The van der Waals surface area contributed by atoms with Gasteiger partial charge in [-0.15, -0.1) is 11.3 Å². The van der Waals surface area contributed by atoms with Gasteiger partial charge in [0.1, 0.15) is 16.2 Å². The van der Waals surface area contributed by atoms with E-state index in [2.05, 4.69) is 27.3 Å². The molecule has 1 N–H and O–H groups in total. The maximum Gasteiger partial charge on any atom is 0.237 e. The minimum atomic E-state index is -0.268. The first kappa shape index (κ1) is 19.4. The van der Waals surface area contributed by atoms with Crippen molar-refractivity contribution in [2.24, 2.45) is 13.0 Å². The molecule has 3 aromatic rings. The molecule has 0 radical (unpaired) electrons. The Labute approximate surface area is 173 Å². The summed E-state index contributed by atoms with van der Waals surface area (Å²) in [7, 11) is 1.88. The lowest BCUT2D eigenvalue weighted by molar-refractivity contribution is -0.115. The molecule has 1 aliphatic carbocycles. The molecule has 4 rings (SSSR count). The SMILES string of the molecule is Cc1nn(C)c(C)c1NC(=O)[C@H](C)Sc1ncnc2sc3c(c12)CC[C@H](C)C3. The number of anilines is 1. The zero-order valence-electron chi connectivity index (χ0n) is 16.9. The summed E-state index contributed by atoms with van der Waals surface area (Å²) in [6, 6.07) is 0. The number of fused-ring (bicyclic) bond motifs is 3. The van der Waals surface area contributed by atoms with Crippen molar-refractivity contribution in [3.63, 3.8) is 0 Å². The van der Waals surface area contributed by atoms with Crippen molar-refractivity contribution in [1.82, 2.24) is 19.7 Å². The fourth-order valence-corrected chi connectivity index (χ4v) is 6.10. The highest BCUT2D eigenvalue weighted by Crippen LogP contribution is 2.41. The molecule has 3 aromatic heterocycles. The Hall–Kier alpha value is -1.93. The van der Waals surface area contributed by atoms with Gasteiger partial charge in [0, 0.05) is 17.3 Å². The minimum Gasteiger partial charge on any atom is -0.322 e. The standard InChI is InChI=1S/C20H25N5OS2/c1-10-6-7-14-15(8-10)28-20-16(14)19(21-9-22-20)27-13(4)18(26)23-17-11(2)24-25(5)12(17)3/h9-10,13H,6-8H2,1-5H3,(H,23,26)/t10-,13-/m0/s1. The molecule has 1 amide bonds. The van der Waals surface area contributed by atoms with E-state index in [4.69, 9.17) is 0 Å². The van der Waals surface area contributed by atoms with Gasteiger partial charge in [0.25, 0.3) is 0 Å². The number of rotatable bonds is 4. The van der Waals surface area contributed by atoms with Crippen LogP contribution in [0, 0.1) is 19.8 Å². The molecule has 148 valence electrons. The van der Waals surface area contributed by atoms with Gasteiger partial charge in [-0.25, -0.2) is 9.97 Å². The minimum absolute atomic E-state index is 0.0336. The lowest BCUT2D eigenvalue weighted by atomic mass is 9.89. The summed E-state index contributed by atoms with van der Waals surface area (Å²) in [6.45, 7) is 8.10. The van der Waals surface area contributed by atoms with E-state index in [1.165, 1.54) is 28.6 Å². The summed E-state index contributed by atoms with van der Waals surface area (Å²) in [5.74, 6) is 0.689. The van der Waals surface area contributed by atoms with Gasteiger partial charge in [-0.05, 0) is 51.5 Å². The molecule has 28 heavy (non-hydrogen) atoms. The highest BCUT2D eigenvalue weighted by molar-refractivity contribution is 8.00. The fraction of sp³-hybridized carbons (Fsp3) is 0.500. The molecule has 0 aromatic carbocycles. The number of carbonyl (C=O) groups excluding carboxylic acids is 1. The van der Waals surface area contributed by atoms with E-state index in [9.17, 15) is 4.79 Å². The molecule has 0 saturated heterocycles. The van der Waals surface area contributed by atoms with E-state index in [0.29, 0.717) is 0 Å². The van der Waals surface area contributed by atoms with E-state index < -0.39 is 0 Å². The third-order valence-corrected chi connectivity index (χ3v) is 7.73. The molecule has 0 bridgehead atoms. The van der Waals surface area contributed by atoms with Crippen LogP contribution in [0.4, 0.5) is 5.69 Å². The summed E-state index contributed by atoms with van der Waals surface area (Å²) >= 11 is 3.30. The van der Waals surface area contributed by atoms with Crippen LogP contribution in [0.1, 0.15) is 42.1 Å². The Morgan fingerprint density at radius 1 is 1.39 bits per heavy atom. The van der Waals surface area contributed by atoms with Crippen molar-refractivity contribution >= 4 is 44.9 Å². The first-order chi connectivity index (χ1) is 13.3. The number of hydrogen-bond donors (Lipinski definition) is 1. The van der Waals surface area contributed by atoms with Crippen molar-refractivity contribution in [3.8, 4) is 0 Å². The second-order valence-electron chi connectivity index (χ2n) is 7.63. The van der Waals surface area contributed by atoms with E-state index in [0.717, 1.165) is 51.1 Å². The molecule has 8 heteroatoms. The van der Waals surface area contributed by atoms with Gasteiger partial charge in [-0.2, -0.15) is 5.10 Å². The van der Waals surface area contributed by atoms with Gasteiger partial charge < -0.3 is 5.32 Å². The maximum absolute atomic E-state index is 12.8. The van der Waals surface area contributed by atoms with Gasteiger partial charge in [-0.3, -0.25) is 9.48 Å². The van der Waals surface area contributed by atoms with Crippen molar-refractivity contribution in [2.45, 2.75) is 57.2 Å². The third kappa shape index (κ3) is 3.43. The molecule has 0 fully saturated rings. The number of aromatic nitrogens is 4. The number of aryl methyl sites for hydroxylation is 3. The lowest BCUT2D eigenvalue weighted by Crippen LogP contribution is -2.23. The van der Waals surface area contributed by atoms with Gasteiger partial charge >= 0.3 is 0 Å². The second kappa shape index (κ2) is 7.48. The van der Waals surface area contributed by atoms with E-state index in [1.54, 1.807) is 22.3 Å². The van der Waals surface area contributed by atoms with Crippen LogP contribution in [0.2, 0.25) is 0 Å².